The normalized spacial score (nSPS) is 40.4. The topological polar surface area (TPSA) is 0 Å². The first-order valence-corrected chi connectivity index (χ1v) is 7.14. The fourth-order valence-electron chi connectivity index (χ4n) is 4.25. The average Bonchev–Trinajstić information content (AvgIpc) is 2.22. The molecule has 0 heteroatoms. The third kappa shape index (κ3) is 1.90. The van der Waals surface area contributed by atoms with E-state index in [0.717, 1.165) is 11.8 Å². The summed E-state index contributed by atoms with van der Waals surface area (Å²) in [5, 5.41) is 0. The smallest absolute Gasteiger partial charge is 0.00558 e. The predicted octanol–water partition coefficient (Wildman–Crippen LogP) is 5.36. The molecule has 2 aliphatic rings. The van der Waals surface area contributed by atoms with Crippen LogP contribution in [-0.4, -0.2) is 0 Å². The van der Waals surface area contributed by atoms with Crippen molar-refractivity contribution in [3.63, 3.8) is 0 Å². The van der Waals surface area contributed by atoms with E-state index in [-0.39, 0.29) is 0 Å². The molecule has 0 nitrogen and oxygen atoms in total. The number of hydrogen-bond acceptors (Lipinski definition) is 0. The molecule has 0 amide bonds. The third-order valence-corrected chi connectivity index (χ3v) is 5.80. The quantitative estimate of drug-likeness (QED) is 0.534. The molecule has 0 saturated heterocycles. The third-order valence-electron chi connectivity index (χ3n) is 5.80. The van der Waals surface area contributed by atoms with Gasteiger partial charge in [0.15, 0.2) is 0 Å². The second kappa shape index (κ2) is 4.00. The van der Waals surface area contributed by atoms with E-state index in [4.69, 9.17) is 0 Å². The fourth-order valence-corrected chi connectivity index (χ4v) is 4.25. The van der Waals surface area contributed by atoms with E-state index in [9.17, 15) is 0 Å². The summed E-state index contributed by atoms with van der Waals surface area (Å²) in [4.78, 5) is 0. The van der Waals surface area contributed by atoms with Crippen molar-refractivity contribution in [1.82, 2.24) is 0 Å². The Balaban J connectivity index is 2.41. The van der Waals surface area contributed by atoms with Crippen LogP contribution in [0.15, 0.2) is 23.8 Å². The van der Waals surface area contributed by atoms with E-state index in [1.165, 1.54) is 31.3 Å². The summed E-state index contributed by atoms with van der Waals surface area (Å²) in [5.41, 5.74) is 3.89. The van der Waals surface area contributed by atoms with Gasteiger partial charge in [0.25, 0.3) is 0 Å². The monoisotopic (exact) mass is 232 g/mol. The Labute approximate surface area is 107 Å². The maximum absolute atomic E-state index is 4.26. The van der Waals surface area contributed by atoms with E-state index >= 15 is 0 Å². The highest BCUT2D eigenvalue weighted by Gasteiger charge is 2.47. The Morgan fingerprint density at radius 3 is 2.59 bits per heavy atom. The maximum Gasteiger partial charge on any atom is -0.00558 e. The lowest BCUT2D eigenvalue weighted by Crippen LogP contribution is -2.44. The van der Waals surface area contributed by atoms with Crippen LogP contribution in [0.2, 0.25) is 0 Å². The number of hydrogen-bond donors (Lipinski definition) is 0. The van der Waals surface area contributed by atoms with Crippen molar-refractivity contribution in [1.29, 1.82) is 0 Å². The molecule has 0 spiro atoms. The molecule has 2 aliphatic carbocycles. The Bertz CT molecular complexity index is 358. The molecule has 0 bridgehead atoms. The fraction of sp³-hybridized carbons (Fsp3) is 0.765. The van der Waals surface area contributed by atoms with Crippen LogP contribution in [0.5, 0.6) is 0 Å². The molecule has 1 saturated carbocycles. The van der Waals surface area contributed by atoms with Crippen LogP contribution in [0, 0.1) is 22.7 Å². The second-order valence-corrected chi connectivity index (χ2v) is 7.29. The van der Waals surface area contributed by atoms with Crippen LogP contribution in [-0.2, 0) is 0 Å². The molecule has 0 heterocycles. The van der Waals surface area contributed by atoms with Crippen molar-refractivity contribution in [3.8, 4) is 0 Å². The summed E-state index contributed by atoms with van der Waals surface area (Å²) >= 11 is 0. The highest BCUT2D eigenvalue weighted by atomic mass is 14.5. The van der Waals surface area contributed by atoms with Gasteiger partial charge in [-0.3, -0.25) is 0 Å². The Hall–Kier alpha value is -0.520. The van der Waals surface area contributed by atoms with Gasteiger partial charge in [-0.1, -0.05) is 51.5 Å². The molecule has 0 aromatic heterocycles. The summed E-state index contributed by atoms with van der Waals surface area (Å²) in [7, 11) is 0. The summed E-state index contributed by atoms with van der Waals surface area (Å²) in [6.07, 6.45) is 7.84. The SMILES string of the molecule is C=C(C)[C@@]1(C)CC=C2CCCC(C)(C)[C@@H]2[C@H]1C. The van der Waals surface area contributed by atoms with Gasteiger partial charge in [0.1, 0.15) is 0 Å². The number of allylic oxidation sites excluding steroid dienone is 3. The van der Waals surface area contributed by atoms with Gasteiger partial charge in [-0.25, -0.2) is 0 Å². The molecule has 17 heavy (non-hydrogen) atoms. The van der Waals surface area contributed by atoms with Crippen molar-refractivity contribution < 1.29 is 0 Å². The Morgan fingerprint density at radius 1 is 1.35 bits per heavy atom. The lowest BCUT2D eigenvalue weighted by atomic mass is 9.52. The lowest BCUT2D eigenvalue weighted by Gasteiger charge is -2.53. The van der Waals surface area contributed by atoms with Gasteiger partial charge in [-0.15, -0.1) is 0 Å². The Morgan fingerprint density at radius 2 is 2.00 bits per heavy atom. The van der Waals surface area contributed by atoms with Crippen molar-refractivity contribution >= 4 is 0 Å². The van der Waals surface area contributed by atoms with E-state index in [0.29, 0.717) is 10.8 Å². The molecule has 0 N–H and O–H groups in total. The van der Waals surface area contributed by atoms with Crippen molar-refractivity contribution in [3.05, 3.63) is 23.8 Å². The molecule has 1 fully saturated rings. The summed E-state index contributed by atoms with van der Waals surface area (Å²) in [6.45, 7) is 16.3. The summed E-state index contributed by atoms with van der Waals surface area (Å²) in [6, 6.07) is 0. The molecule has 0 aromatic rings. The van der Waals surface area contributed by atoms with E-state index in [1.54, 1.807) is 5.57 Å². The molecule has 2 rings (SSSR count). The van der Waals surface area contributed by atoms with Crippen LogP contribution < -0.4 is 0 Å². The molecular weight excluding hydrogens is 204 g/mol. The van der Waals surface area contributed by atoms with E-state index in [1.807, 2.05) is 0 Å². The first-order chi connectivity index (χ1) is 7.79. The molecule has 96 valence electrons. The second-order valence-electron chi connectivity index (χ2n) is 7.29. The van der Waals surface area contributed by atoms with Gasteiger partial charge in [0, 0.05) is 0 Å². The van der Waals surface area contributed by atoms with Gasteiger partial charge in [-0.2, -0.15) is 0 Å². The van der Waals surface area contributed by atoms with Gasteiger partial charge < -0.3 is 0 Å². The largest absolute Gasteiger partial charge is 0.0996 e. The summed E-state index contributed by atoms with van der Waals surface area (Å²) in [5.74, 6) is 1.50. The van der Waals surface area contributed by atoms with Gasteiger partial charge in [0.2, 0.25) is 0 Å². The number of rotatable bonds is 1. The average molecular weight is 232 g/mol. The van der Waals surface area contributed by atoms with E-state index < -0.39 is 0 Å². The lowest BCUT2D eigenvalue weighted by molar-refractivity contribution is 0.0617. The van der Waals surface area contributed by atoms with Crippen molar-refractivity contribution in [2.45, 2.75) is 60.3 Å². The minimum Gasteiger partial charge on any atom is -0.0996 e. The van der Waals surface area contributed by atoms with E-state index in [2.05, 4.69) is 47.3 Å². The zero-order valence-electron chi connectivity index (χ0n) is 12.3. The van der Waals surface area contributed by atoms with Crippen LogP contribution in [0.1, 0.15) is 60.3 Å². The zero-order chi connectivity index (χ0) is 12.8. The molecule has 0 radical (unpaired) electrons. The van der Waals surface area contributed by atoms with Crippen molar-refractivity contribution in [2.24, 2.45) is 22.7 Å². The van der Waals surface area contributed by atoms with Crippen LogP contribution in [0.25, 0.3) is 0 Å². The highest BCUT2D eigenvalue weighted by Crippen LogP contribution is 2.57. The molecule has 0 aliphatic heterocycles. The van der Waals surface area contributed by atoms with Gasteiger partial charge in [-0.05, 0) is 55.3 Å². The first-order valence-electron chi connectivity index (χ1n) is 7.14. The maximum atomic E-state index is 4.26. The molecule has 3 atom stereocenters. The van der Waals surface area contributed by atoms with Crippen molar-refractivity contribution in [2.75, 3.05) is 0 Å². The standard InChI is InChI=1S/C17H28/c1-12(2)17(6)11-9-14-8-7-10-16(4,5)15(14)13(17)3/h9,13,15H,1,7-8,10-11H2,2-6H3/t13-,15-,17-/m1/s1. The van der Waals surface area contributed by atoms with Gasteiger partial charge >= 0.3 is 0 Å². The molecule has 0 aromatic carbocycles. The molecular formula is C17H28. The van der Waals surface area contributed by atoms with Crippen LogP contribution in [0.4, 0.5) is 0 Å². The highest BCUT2D eigenvalue weighted by molar-refractivity contribution is 5.25. The number of fused-ring (bicyclic) bond motifs is 1. The predicted molar refractivity (Wildman–Crippen MR) is 75.9 cm³/mol. The van der Waals surface area contributed by atoms with Crippen LogP contribution >= 0.6 is 0 Å². The van der Waals surface area contributed by atoms with Crippen LogP contribution in [0.3, 0.4) is 0 Å². The Kier molecular flexibility index (Phi) is 3.04. The minimum absolute atomic E-state index is 0.308. The zero-order valence-corrected chi connectivity index (χ0v) is 12.3. The first kappa shape index (κ1) is 12.9. The molecule has 0 unspecified atom stereocenters. The summed E-state index contributed by atoms with van der Waals surface area (Å²) < 4.78 is 0. The van der Waals surface area contributed by atoms with Gasteiger partial charge in [0.05, 0.1) is 0 Å². The minimum atomic E-state index is 0.308.